The Morgan fingerprint density at radius 2 is 1.88 bits per heavy atom. The Hall–Kier alpha value is -1.35. The third kappa shape index (κ3) is 3.51. The normalized spacial score (nSPS) is 26.4. The average Bonchev–Trinajstić information content (AvgIpc) is 2.62. The van der Waals surface area contributed by atoms with Crippen LogP contribution >= 0.6 is 7.60 Å². The van der Waals surface area contributed by atoms with E-state index in [0.717, 1.165) is 12.8 Å². The highest BCUT2D eigenvalue weighted by atomic mass is 31.2. The van der Waals surface area contributed by atoms with E-state index in [4.69, 9.17) is 13.8 Å². The lowest BCUT2D eigenvalue weighted by Crippen LogP contribution is -2.33. The summed E-state index contributed by atoms with van der Waals surface area (Å²) in [6.45, 7) is 4.26. The van der Waals surface area contributed by atoms with Crippen LogP contribution in [-0.2, 0) is 18.3 Å². The molecule has 3 atom stereocenters. The number of allylic oxidation sites excluding steroid dienone is 2. The van der Waals surface area contributed by atoms with Gasteiger partial charge in [-0.05, 0) is 44.4 Å². The molecule has 0 unspecified atom stereocenters. The van der Waals surface area contributed by atoms with Crippen LogP contribution in [0.25, 0.3) is 0 Å². The van der Waals surface area contributed by atoms with Crippen molar-refractivity contribution in [2.24, 2.45) is 5.92 Å². The maximum Gasteiger partial charge on any atom is 0.395 e. The third-order valence-electron chi connectivity index (χ3n) is 4.51. The minimum atomic E-state index is -3.41. The Bertz CT molecular complexity index is 643. The first-order chi connectivity index (χ1) is 11.7. The number of ether oxygens (including phenoxy) is 1. The van der Waals surface area contributed by atoms with E-state index in [9.17, 15) is 4.57 Å². The molecule has 2 aliphatic rings. The molecule has 4 nitrogen and oxygen atoms in total. The van der Waals surface area contributed by atoms with Gasteiger partial charge in [-0.15, -0.1) is 0 Å². The smallest absolute Gasteiger partial charge is 0.395 e. The minimum absolute atomic E-state index is 0.0850. The zero-order valence-corrected chi connectivity index (χ0v) is 15.2. The van der Waals surface area contributed by atoms with Crippen LogP contribution in [0.2, 0.25) is 0 Å². The third-order valence-corrected chi connectivity index (χ3v) is 6.50. The van der Waals surface area contributed by atoms with Gasteiger partial charge in [-0.25, -0.2) is 0 Å². The SMILES string of the molecule is CCOP(=O)(OCC)C1=C[C@@H](c2ccccc2)[C@H]2CCC=C[C@@H]2O1. The van der Waals surface area contributed by atoms with Crippen LogP contribution in [-0.4, -0.2) is 19.3 Å². The van der Waals surface area contributed by atoms with Crippen molar-refractivity contribution in [1.29, 1.82) is 0 Å². The first kappa shape index (κ1) is 17.5. The van der Waals surface area contributed by atoms with Crippen LogP contribution in [0.3, 0.4) is 0 Å². The Labute approximate surface area is 144 Å². The Kier molecular flexibility index (Phi) is 5.60. The molecule has 0 aromatic heterocycles. The lowest BCUT2D eigenvalue weighted by atomic mass is 9.76. The highest BCUT2D eigenvalue weighted by molar-refractivity contribution is 7.58. The zero-order valence-electron chi connectivity index (χ0n) is 14.3. The second kappa shape index (κ2) is 7.69. The van der Waals surface area contributed by atoms with Crippen LogP contribution in [0.5, 0.6) is 0 Å². The summed E-state index contributed by atoms with van der Waals surface area (Å²) < 4.78 is 30.2. The van der Waals surface area contributed by atoms with E-state index in [2.05, 4.69) is 24.3 Å². The maximum atomic E-state index is 13.2. The van der Waals surface area contributed by atoms with Crippen LogP contribution in [0, 0.1) is 5.92 Å². The van der Waals surface area contributed by atoms with Gasteiger partial charge in [0.1, 0.15) is 6.10 Å². The van der Waals surface area contributed by atoms with Gasteiger partial charge in [-0.2, -0.15) is 0 Å². The van der Waals surface area contributed by atoms with Gasteiger partial charge in [0.05, 0.1) is 13.2 Å². The van der Waals surface area contributed by atoms with Gasteiger partial charge in [0, 0.05) is 11.8 Å². The first-order valence-corrected chi connectivity index (χ1v) is 10.2. The summed E-state index contributed by atoms with van der Waals surface area (Å²) >= 11 is 0. The fourth-order valence-electron chi connectivity index (χ4n) is 3.47. The van der Waals surface area contributed by atoms with Crippen LogP contribution in [0.1, 0.15) is 38.2 Å². The highest BCUT2D eigenvalue weighted by Crippen LogP contribution is 2.60. The molecule has 0 spiro atoms. The molecule has 0 saturated heterocycles. The van der Waals surface area contributed by atoms with Crippen LogP contribution < -0.4 is 0 Å². The van der Waals surface area contributed by atoms with Crippen molar-refractivity contribution in [1.82, 2.24) is 0 Å². The monoisotopic (exact) mass is 348 g/mol. The van der Waals surface area contributed by atoms with Crippen molar-refractivity contribution in [3.8, 4) is 0 Å². The predicted octanol–water partition coefficient (Wildman–Crippen LogP) is 5.24. The van der Waals surface area contributed by atoms with Crippen molar-refractivity contribution in [3.63, 3.8) is 0 Å². The van der Waals surface area contributed by atoms with Gasteiger partial charge in [0.25, 0.3) is 0 Å². The van der Waals surface area contributed by atoms with Crippen molar-refractivity contribution in [3.05, 3.63) is 59.6 Å². The standard InChI is InChI=1S/C19H25O4P/c1-3-21-24(20,22-4-2)19-14-17(15-10-6-5-7-11-15)16-12-8-9-13-18(16)23-19/h5-7,9-11,13-14,16-18H,3-4,8,12H2,1-2H3/t16-,17+,18+/m1/s1. The van der Waals surface area contributed by atoms with E-state index in [0.29, 0.717) is 24.6 Å². The van der Waals surface area contributed by atoms with Gasteiger partial charge in [-0.3, -0.25) is 4.57 Å². The van der Waals surface area contributed by atoms with Gasteiger partial charge >= 0.3 is 7.60 Å². The maximum absolute atomic E-state index is 13.2. The van der Waals surface area contributed by atoms with E-state index < -0.39 is 7.60 Å². The fraction of sp³-hybridized carbons (Fsp3) is 0.474. The summed E-state index contributed by atoms with van der Waals surface area (Å²) in [4.78, 5) is 0. The van der Waals surface area contributed by atoms with E-state index in [-0.39, 0.29) is 12.0 Å². The predicted molar refractivity (Wildman–Crippen MR) is 94.9 cm³/mol. The number of benzene rings is 1. The number of rotatable bonds is 6. The first-order valence-electron chi connectivity index (χ1n) is 8.67. The molecule has 1 heterocycles. The van der Waals surface area contributed by atoms with E-state index in [1.165, 1.54) is 5.56 Å². The molecular formula is C19H25O4P. The molecule has 1 aliphatic carbocycles. The Morgan fingerprint density at radius 1 is 1.17 bits per heavy atom. The van der Waals surface area contributed by atoms with Crippen LogP contribution in [0.15, 0.2) is 54.1 Å². The Morgan fingerprint density at radius 3 is 2.54 bits per heavy atom. The van der Waals surface area contributed by atoms with E-state index in [1.807, 2.05) is 38.1 Å². The van der Waals surface area contributed by atoms with Gasteiger partial charge in [0.2, 0.25) is 5.50 Å². The molecule has 0 amide bonds. The number of fused-ring (bicyclic) bond motifs is 1. The van der Waals surface area contributed by atoms with Gasteiger partial charge in [-0.1, -0.05) is 36.4 Å². The topological polar surface area (TPSA) is 44.8 Å². The molecule has 0 N–H and O–H groups in total. The largest absolute Gasteiger partial charge is 0.478 e. The molecule has 0 bridgehead atoms. The minimum Gasteiger partial charge on any atom is -0.478 e. The molecule has 0 fully saturated rings. The summed E-state index contributed by atoms with van der Waals surface area (Å²) in [6, 6.07) is 10.3. The summed E-state index contributed by atoms with van der Waals surface area (Å²) in [5.74, 6) is 0.497. The Balaban J connectivity index is 2.01. The number of hydrogen-bond donors (Lipinski definition) is 0. The summed E-state index contributed by atoms with van der Waals surface area (Å²) in [5.41, 5.74) is 1.57. The van der Waals surface area contributed by atoms with Gasteiger partial charge in [0.15, 0.2) is 0 Å². The molecule has 0 saturated carbocycles. The summed E-state index contributed by atoms with van der Waals surface area (Å²) in [7, 11) is -3.41. The van der Waals surface area contributed by atoms with Crippen molar-refractivity contribution < 1.29 is 18.3 Å². The summed E-state index contributed by atoms with van der Waals surface area (Å²) in [6.07, 6.45) is 8.20. The molecule has 3 rings (SSSR count). The van der Waals surface area contributed by atoms with Crippen molar-refractivity contribution in [2.75, 3.05) is 13.2 Å². The van der Waals surface area contributed by atoms with E-state index >= 15 is 0 Å². The molecule has 24 heavy (non-hydrogen) atoms. The molecule has 130 valence electrons. The molecule has 1 aromatic rings. The molecular weight excluding hydrogens is 323 g/mol. The second-order valence-corrected chi connectivity index (χ2v) is 7.98. The van der Waals surface area contributed by atoms with Crippen LogP contribution in [0.4, 0.5) is 0 Å². The highest BCUT2D eigenvalue weighted by Gasteiger charge is 2.42. The molecule has 1 aliphatic heterocycles. The second-order valence-electron chi connectivity index (χ2n) is 6.03. The molecule has 0 radical (unpaired) electrons. The average molecular weight is 348 g/mol. The summed E-state index contributed by atoms with van der Waals surface area (Å²) in [5, 5.41) is 0. The van der Waals surface area contributed by atoms with Crippen molar-refractivity contribution >= 4 is 7.60 Å². The van der Waals surface area contributed by atoms with E-state index in [1.54, 1.807) is 0 Å². The number of hydrogen-bond acceptors (Lipinski definition) is 4. The quantitative estimate of drug-likeness (QED) is 0.521. The zero-order chi connectivity index (χ0) is 17.0. The molecule has 5 heteroatoms. The lowest BCUT2D eigenvalue weighted by Gasteiger charge is -2.39. The van der Waals surface area contributed by atoms with Crippen molar-refractivity contribution in [2.45, 2.75) is 38.7 Å². The lowest BCUT2D eigenvalue weighted by molar-refractivity contribution is 0.0688. The molecule has 1 aromatic carbocycles. The van der Waals surface area contributed by atoms with Gasteiger partial charge < -0.3 is 13.8 Å². The fourth-order valence-corrected chi connectivity index (χ4v) is 5.07.